The van der Waals surface area contributed by atoms with Gasteiger partial charge in [-0.3, -0.25) is 9.59 Å². The van der Waals surface area contributed by atoms with E-state index in [4.69, 9.17) is 4.74 Å². The zero-order valence-corrected chi connectivity index (χ0v) is 22.8. The van der Waals surface area contributed by atoms with Crippen LogP contribution >= 0.6 is 11.8 Å². The highest BCUT2D eigenvalue weighted by molar-refractivity contribution is 7.98. The molecule has 1 aliphatic carbocycles. The molecular formula is C30H39N3O3S. The zero-order chi connectivity index (χ0) is 25.8. The number of benzene rings is 2. The van der Waals surface area contributed by atoms with Crippen LogP contribution < -0.4 is 10.1 Å². The first-order chi connectivity index (χ1) is 18.1. The van der Waals surface area contributed by atoms with E-state index in [1.807, 2.05) is 35.4 Å². The predicted molar refractivity (Wildman–Crippen MR) is 148 cm³/mol. The molecule has 6 nitrogen and oxygen atoms in total. The number of methoxy groups -OCH3 is 1. The normalized spacial score (nSPS) is 22.7. The maximum atomic E-state index is 13.3. The SMILES string of the molecule is COc1cc(SC)ccc1C(=O)N1CC2CN(CCC(NC(=O)C3CCCC3)c3ccccc3)C[C@H]2C1. The number of fused-ring (bicyclic) bond motifs is 1. The molecule has 3 fully saturated rings. The van der Waals surface area contributed by atoms with Crippen LogP contribution in [-0.4, -0.2) is 67.7 Å². The number of amides is 2. The van der Waals surface area contributed by atoms with Crippen molar-refractivity contribution >= 4 is 23.6 Å². The second-order valence-electron chi connectivity index (χ2n) is 10.8. The van der Waals surface area contributed by atoms with Gasteiger partial charge in [-0.1, -0.05) is 43.2 Å². The highest BCUT2D eigenvalue weighted by Gasteiger charge is 2.42. The fraction of sp³-hybridized carbons (Fsp3) is 0.533. The first-order valence-electron chi connectivity index (χ1n) is 13.6. The van der Waals surface area contributed by atoms with Crippen LogP contribution in [0.25, 0.3) is 0 Å². The summed E-state index contributed by atoms with van der Waals surface area (Å²) in [6, 6.07) is 16.3. The van der Waals surface area contributed by atoms with Crippen LogP contribution in [0.5, 0.6) is 5.75 Å². The Hall–Kier alpha value is -2.51. The number of carbonyl (C=O) groups excluding carboxylic acids is 2. The van der Waals surface area contributed by atoms with Gasteiger partial charge in [-0.15, -0.1) is 11.8 Å². The Kier molecular flexibility index (Phi) is 8.40. The molecule has 0 spiro atoms. The Balaban J connectivity index is 1.16. The van der Waals surface area contributed by atoms with E-state index < -0.39 is 0 Å². The number of hydrogen-bond donors (Lipinski definition) is 1. The Bertz CT molecular complexity index is 1070. The molecule has 0 radical (unpaired) electrons. The Labute approximate surface area is 225 Å². The maximum absolute atomic E-state index is 13.3. The van der Waals surface area contributed by atoms with E-state index in [9.17, 15) is 9.59 Å². The molecule has 1 N–H and O–H groups in total. The molecule has 2 aliphatic heterocycles. The van der Waals surface area contributed by atoms with Crippen molar-refractivity contribution in [3.8, 4) is 5.75 Å². The molecule has 3 aliphatic rings. The van der Waals surface area contributed by atoms with Gasteiger partial charge in [-0.05, 0) is 61.1 Å². The quantitative estimate of drug-likeness (QED) is 0.478. The second-order valence-corrected chi connectivity index (χ2v) is 11.7. The lowest BCUT2D eigenvalue weighted by Gasteiger charge is -2.26. The van der Waals surface area contributed by atoms with Gasteiger partial charge >= 0.3 is 0 Å². The highest BCUT2D eigenvalue weighted by Crippen LogP contribution is 2.34. The molecular weight excluding hydrogens is 482 g/mol. The highest BCUT2D eigenvalue weighted by atomic mass is 32.2. The lowest BCUT2D eigenvalue weighted by Crippen LogP contribution is -2.36. The molecule has 2 unspecified atom stereocenters. The third-order valence-electron chi connectivity index (χ3n) is 8.47. The number of ether oxygens (including phenoxy) is 1. The number of rotatable bonds is 9. The summed E-state index contributed by atoms with van der Waals surface area (Å²) >= 11 is 1.65. The number of likely N-dealkylation sites (tertiary alicyclic amines) is 2. The van der Waals surface area contributed by atoms with Gasteiger partial charge in [-0.25, -0.2) is 0 Å². The Morgan fingerprint density at radius 3 is 2.38 bits per heavy atom. The molecule has 2 aromatic rings. The van der Waals surface area contributed by atoms with E-state index in [1.54, 1.807) is 18.9 Å². The molecule has 5 rings (SSSR count). The monoisotopic (exact) mass is 521 g/mol. The van der Waals surface area contributed by atoms with Crippen LogP contribution in [0.1, 0.15) is 54.1 Å². The van der Waals surface area contributed by atoms with Crippen LogP contribution in [0.15, 0.2) is 53.4 Å². The lowest BCUT2D eigenvalue weighted by molar-refractivity contribution is -0.125. The third kappa shape index (κ3) is 5.99. The molecule has 3 atom stereocenters. The van der Waals surface area contributed by atoms with Crippen molar-refractivity contribution in [3.63, 3.8) is 0 Å². The minimum atomic E-state index is 0.0459. The second kappa shape index (κ2) is 11.9. The number of thioether (sulfide) groups is 1. The van der Waals surface area contributed by atoms with Crippen molar-refractivity contribution in [2.45, 2.75) is 43.0 Å². The molecule has 2 heterocycles. The summed E-state index contributed by atoms with van der Waals surface area (Å²) in [5, 5.41) is 3.38. The van der Waals surface area contributed by atoms with Gasteiger partial charge in [0.25, 0.3) is 5.91 Å². The minimum absolute atomic E-state index is 0.0459. The minimum Gasteiger partial charge on any atom is -0.496 e. The summed E-state index contributed by atoms with van der Waals surface area (Å²) in [6.07, 6.45) is 7.30. The fourth-order valence-electron chi connectivity index (χ4n) is 6.38. The fourth-order valence-corrected chi connectivity index (χ4v) is 6.81. The number of carbonyl (C=O) groups is 2. The molecule has 0 bridgehead atoms. The molecule has 7 heteroatoms. The van der Waals surface area contributed by atoms with Gasteiger partial charge in [0.2, 0.25) is 5.91 Å². The number of nitrogens with zero attached hydrogens (tertiary/aromatic N) is 2. The summed E-state index contributed by atoms with van der Waals surface area (Å²) in [6.45, 7) is 4.57. The van der Waals surface area contributed by atoms with Gasteiger partial charge < -0.3 is 19.9 Å². The standard InChI is InChI=1S/C30H39N3O3S/c1-36-28-16-25(37-2)12-13-26(28)30(35)33-19-23-17-32(18-24(23)20-33)15-14-27(21-8-4-3-5-9-21)31-29(34)22-10-6-7-11-22/h3-5,8-9,12-13,16,22-24,27H,6-7,10-11,14-15,17-20H2,1-2H3,(H,31,34)/t23-,24?,27?/m0/s1. The van der Waals surface area contributed by atoms with E-state index in [2.05, 4.69) is 34.5 Å². The topological polar surface area (TPSA) is 61.9 Å². The van der Waals surface area contributed by atoms with Gasteiger partial charge in [0.15, 0.2) is 0 Å². The van der Waals surface area contributed by atoms with Crippen molar-refractivity contribution in [2.24, 2.45) is 17.8 Å². The molecule has 0 aromatic heterocycles. The molecule has 2 saturated heterocycles. The van der Waals surface area contributed by atoms with Crippen LogP contribution in [0.4, 0.5) is 0 Å². The molecule has 1 saturated carbocycles. The molecule has 198 valence electrons. The summed E-state index contributed by atoms with van der Waals surface area (Å²) < 4.78 is 5.53. The van der Waals surface area contributed by atoms with E-state index in [0.29, 0.717) is 23.1 Å². The van der Waals surface area contributed by atoms with Crippen LogP contribution in [0.2, 0.25) is 0 Å². The first-order valence-corrected chi connectivity index (χ1v) is 14.9. The average Bonchev–Trinajstić information content (AvgIpc) is 3.68. The van der Waals surface area contributed by atoms with E-state index in [-0.39, 0.29) is 23.8 Å². The van der Waals surface area contributed by atoms with Crippen molar-refractivity contribution in [1.82, 2.24) is 15.1 Å². The Morgan fingerprint density at radius 1 is 1.03 bits per heavy atom. The van der Waals surface area contributed by atoms with Gasteiger partial charge in [0, 0.05) is 43.5 Å². The van der Waals surface area contributed by atoms with Gasteiger partial charge in [-0.2, -0.15) is 0 Å². The molecule has 2 aromatic carbocycles. The van der Waals surface area contributed by atoms with E-state index in [1.165, 1.54) is 18.4 Å². The third-order valence-corrected chi connectivity index (χ3v) is 9.19. The largest absolute Gasteiger partial charge is 0.496 e. The maximum Gasteiger partial charge on any atom is 0.257 e. The van der Waals surface area contributed by atoms with Gasteiger partial charge in [0.1, 0.15) is 5.75 Å². The number of hydrogen-bond acceptors (Lipinski definition) is 5. The van der Waals surface area contributed by atoms with Crippen LogP contribution in [0.3, 0.4) is 0 Å². The van der Waals surface area contributed by atoms with E-state index in [0.717, 1.165) is 56.9 Å². The predicted octanol–water partition coefficient (Wildman–Crippen LogP) is 4.86. The van der Waals surface area contributed by atoms with Gasteiger partial charge in [0.05, 0.1) is 18.7 Å². The lowest BCUT2D eigenvalue weighted by atomic mass is 10.0. The smallest absolute Gasteiger partial charge is 0.257 e. The van der Waals surface area contributed by atoms with Crippen molar-refractivity contribution in [1.29, 1.82) is 0 Å². The average molecular weight is 522 g/mol. The van der Waals surface area contributed by atoms with Crippen molar-refractivity contribution < 1.29 is 14.3 Å². The summed E-state index contributed by atoms with van der Waals surface area (Å²) in [7, 11) is 1.63. The van der Waals surface area contributed by atoms with Crippen molar-refractivity contribution in [3.05, 3.63) is 59.7 Å². The number of nitrogens with one attached hydrogen (secondary N) is 1. The summed E-state index contributed by atoms with van der Waals surface area (Å²) in [5.74, 6) is 2.13. The summed E-state index contributed by atoms with van der Waals surface area (Å²) in [4.78, 5) is 31.9. The van der Waals surface area contributed by atoms with Crippen LogP contribution in [0, 0.1) is 17.8 Å². The zero-order valence-electron chi connectivity index (χ0n) is 22.0. The summed E-state index contributed by atoms with van der Waals surface area (Å²) in [5.41, 5.74) is 1.84. The van der Waals surface area contributed by atoms with E-state index >= 15 is 0 Å². The van der Waals surface area contributed by atoms with Crippen molar-refractivity contribution in [2.75, 3.05) is 46.1 Å². The first kappa shape index (κ1) is 26.1. The van der Waals surface area contributed by atoms with Crippen LogP contribution in [-0.2, 0) is 4.79 Å². The Morgan fingerprint density at radius 2 is 1.73 bits per heavy atom. The molecule has 37 heavy (non-hydrogen) atoms. The molecule has 2 amide bonds.